The van der Waals surface area contributed by atoms with E-state index in [9.17, 15) is 9.59 Å². The van der Waals surface area contributed by atoms with Gasteiger partial charge in [0.2, 0.25) is 5.91 Å². The van der Waals surface area contributed by atoms with Crippen LogP contribution in [0.4, 0.5) is 9.80 Å². The zero-order valence-corrected chi connectivity index (χ0v) is 14.2. The van der Waals surface area contributed by atoms with E-state index in [4.69, 9.17) is 0 Å². The van der Waals surface area contributed by atoms with Crippen LogP contribution in [0.5, 0.6) is 0 Å². The molecule has 2 N–H and O–H groups in total. The van der Waals surface area contributed by atoms with Crippen LogP contribution in [0.2, 0.25) is 0 Å². The molecular formula is C18H21N3O2S. The molecule has 2 heterocycles. The highest BCUT2D eigenvalue weighted by Gasteiger charge is 2.28. The summed E-state index contributed by atoms with van der Waals surface area (Å²) in [6, 6.07) is 13.5. The molecule has 0 saturated carbocycles. The van der Waals surface area contributed by atoms with Crippen LogP contribution in [0.3, 0.4) is 0 Å². The molecule has 0 spiro atoms. The zero-order valence-electron chi connectivity index (χ0n) is 13.4. The highest BCUT2D eigenvalue weighted by molar-refractivity contribution is 7.14. The topological polar surface area (TPSA) is 61.4 Å². The summed E-state index contributed by atoms with van der Waals surface area (Å²) in [5.74, 6) is -0.121. The molecule has 1 atom stereocenters. The fraction of sp³-hybridized carbons (Fsp3) is 0.333. The predicted molar refractivity (Wildman–Crippen MR) is 95.9 cm³/mol. The largest absolute Gasteiger partial charge is 0.352 e. The number of likely N-dealkylation sites (tertiary alicyclic amines) is 1. The number of benzene rings is 1. The summed E-state index contributed by atoms with van der Waals surface area (Å²) in [4.78, 5) is 26.4. The minimum Gasteiger partial charge on any atom is -0.352 e. The fourth-order valence-electron chi connectivity index (χ4n) is 2.84. The smallest absolute Gasteiger partial charge is 0.322 e. The number of hydrogen-bond donors (Lipinski definition) is 2. The maximum absolute atomic E-state index is 12.4. The molecule has 0 radical (unpaired) electrons. The number of anilines is 1. The molecule has 24 heavy (non-hydrogen) atoms. The second-order valence-electron chi connectivity index (χ2n) is 5.90. The van der Waals surface area contributed by atoms with E-state index in [1.54, 1.807) is 4.90 Å². The minimum absolute atomic E-state index is 0.0208. The number of carbonyl (C=O) groups excluding carboxylic acids is 2. The molecule has 126 valence electrons. The van der Waals surface area contributed by atoms with E-state index < -0.39 is 0 Å². The summed E-state index contributed by atoms with van der Waals surface area (Å²) in [6.45, 7) is 1.69. The van der Waals surface area contributed by atoms with E-state index >= 15 is 0 Å². The minimum atomic E-state index is -0.142. The standard InChI is InChI=1S/C18H21N3O2S/c22-17(19-12-14-6-2-1-3-7-14)15-8-4-10-21(13-15)18(23)20-16-9-5-11-24-16/h1-3,5-7,9,11,15H,4,8,10,12-13H2,(H,19,22)(H,20,23). The zero-order chi connectivity index (χ0) is 16.8. The number of rotatable bonds is 4. The summed E-state index contributed by atoms with van der Waals surface area (Å²) in [5.41, 5.74) is 1.08. The van der Waals surface area contributed by atoms with E-state index in [1.807, 2.05) is 47.8 Å². The van der Waals surface area contributed by atoms with Crippen LogP contribution in [-0.4, -0.2) is 29.9 Å². The molecule has 1 aliphatic rings. The van der Waals surface area contributed by atoms with Crippen molar-refractivity contribution in [3.05, 3.63) is 53.4 Å². The maximum Gasteiger partial charge on any atom is 0.322 e. The van der Waals surface area contributed by atoms with Crippen molar-refractivity contribution < 1.29 is 9.59 Å². The van der Waals surface area contributed by atoms with Gasteiger partial charge in [0.1, 0.15) is 0 Å². The van der Waals surface area contributed by atoms with Gasteiger partial charge in [-0.3, -0.25) is 10.1 Å². The summed E-state index contributed by atoms with van der Waals surface area (Å²) in [7, 11) is 0. The van der Waals surface area contributed by atoms with Crippen LogP contribution >= 0.6 is 11.3 Å². The van der Waals surface area contributed by atoms with Gasteiger partial charge in [0.25, 0.3) is 0 Å². The van der Waals surface area contributed by atoms with Crippen LogP contribution in [0.1, 0.15) is 18.4 Å². The van der Waals surface area contributed by atoms with E-state index in [2.05, 4.69) is 10.6 Å². The Hall–Kier alpha value is -2.34. The van der Waals surface area contributed by atoms with Gasteiger partial charge in [-0.25, -0.2) is 4.79 Å². The third-order valence-corrected chi connectivity index (χ3v) is 4.93. The van der Waals surface area contributed by atoms with Gasteiger partial charge in [-0.1, -0.05) is 30.3 Å². The van der Waals surface area contributed by atoms with Crippen molar-refractivity contribution in [2.75, 3.05) is 18.4 Å². The van der Waals surface area contributed by atoms with Crippen LogP contribution < -0.4 is 10.6 Å². The number of piperidine rings is 1. The summed E-state index contributed by atoms with van der Waals surface area (Å²) >= 11 is 1.49. The van der Waals surface area contributed by atoms with Crippen LogP contribution in [0, 0.1) is 5.92 Å². The van der Waals surface area contributed by atoms with Crippen LogP contribution in [0.15, 0.2) is 47.8 Å². The van der Waals surface area contributed by atoms with E-state index in [0.717, 1.165) is 23.4 Å². The van der Waals surface area contributed by atoms with Gasteiger partial charge in [-0.05, 0) is 35.9 Å². The first-order valence-electron chi connectivity index (χ1n) is 8.13. The molecule has 1 aromatic heterocycles. The van der Waals surface area contributed by atoms with E-state index in [-0.39, 0.29) is 17.9 Å². The van der Waals surface area contributed by atoms with Gasteiger partial charge < -0.3 is 10.2 Å². The quantitative estimate of drug-likeness (QED) is 0.895. The first-order valence-corrected chi connectivity index (χ1v) is 9.01. The highest BCUT2D eigenvalue weighted by atomic mass is 32.1. The van der Waals surface area contributed by atoms with Crippen molar-refractivity contribution >= 4 is 28.3 Å². The van der Waals surface area contributed by atoms with Crippen LogP contribution in [0.25, 0.3) is 0 Å². The van der Waals surface area contributed by atoms with Crippen molar-refractivity contribution in [2.45, 2.75) is 19.4 Å². The van der Waals surface area contributed by atoms with E-state index in [1.165, 1.54) is 11.3 Å². The molecule has 3 amide bonds. The maximum atomic E-state index is 12.4. The molecule has 1 unspecified atom stereocenters. The lowest BCUT2D eigenvalue weighted by Gasteiger charge is -2.31. The number of urea groups is 1. The Kier molecular flexibility index (Phi) is 5.48. The Bertz CT molecular complexity index is 673. The molecular weight excluding hydrogens is 322 g/mol. The average Bonchev–Trinajstić information content (AvgIpc) is 3.13. The SMILES string of the molecule is O=C(NCc1ccccc1)C1CCCN(C(=O)Nc2cccs2)C1. The molecule has 0 aliphatic carbocycles. The van der Waals surface area contributed by atoms with Gasteiger partial charge in [-0.15, -0.1) is 11.3 Å². The molecule has 3 rings (SSSR count). The lowest BCUT2D eigenvalue weighted by atomic mass is 9.97. The van der Waals surface area contributed by atoms with Gasteiger partial charge >= 0.3 is 6.03 Å². The monoisotopic (exact) mass is 343 g/mol. The lowest BCUT2D eigenvalue weighted by molar-refractivity contribution is -0.126. The molecule has 5 nitrogen and oxygen atoms in total. The number of nitrogens with one attached hydrogen (secondary N) is 2. The molecule has 2 aromatic rings. The molecule has 6 heteroatoms. The highest BCUT2D eigenvalue weighted by Crippen LogP contribution is 2.20. The number of carbonyl (C=O) groups is 2. The Morgan fingerprint density at radius 2 is 2.00 bits per heavy atom. The summed E-state index contributed by atoms with van der Waals surface area (Å²) < 4.78 is 0. The number of hydrogen-bond acceptors (Lipinski definition) is 3. The second kappa shape index (κ2) is 7.97. The number of amides is 3. The summed E-state index contributed by atoms with van der Waals surface area (Å²) in [6.07, 6.45) is 1.67. The first-order chi connectivity index (χ1) is 11.7. The van der Waals surface area contributed by atoms with Crippen molar-refractivity contribution in [1.82, 2.24) is 10.2 Å². The normalized spacial score (nSPS) is 17.3. The predicted octanol–water partition coefficient (Wildman–Crippen LogP) is 3.31. The van der Waals surface area contributed by atoms with Gasteiger partial charge in [0, 0.05) is 19.6 Å². The summed E-state index contributed by atoms with van der Waals surface area (Å²) in [5, 5.41) is 8.61. The van der Waals surface area contributed by atoms with Crippen molar-refractivity contribution in [3.63, 3.8) is 0 Å². The van der Waals surface area contributed by atoms with Crippen molar-refractivity contribution in [2.24, 2.45) is 5.92 Å². The second-order valence-corrected chi connectivity index (χ2v) is 6.84. The third-order valence-electron chi connectivity index (χ3n) is 4.14. The van der Waals surface area contributed by atoms with Gasteiger partial charge in [0.05, 0.1) is 10.9 Å². The van der Waals surface area contributed by atoms with E-state index in [0.29, 0.717) is 19.6 Å². The van der Waals surface area contributed by atoms with Crippen molar-refractivity contribution in [3.8, 4) is 0 Å². The van der Waals surface area contributed by atoms with Gasteiger partial charge in [-0.2, -0.15) is 0 Å². The molecule has 1 aliphatic heterocycles. The number of thiophene rings is 1. The Morgan fingerprint density at radius 3 is 2.75 bits per heavy atom. The Balaban J connectivity index is 1.51. The lowest BCUT2D eigenvalue weighted by Crippen LogP contribution is -2.46. The first kappa shape index (κ1) is 16.5. The molecule has 1 fully saturated rings. The third kappa shape index (κ3) is 4.35. The van der Waals surface area contributed by atoms with Crippen molar-refractivity contribution in [1.29, 1.82) is 0 Å². The molecule has 1 aromatic carbocycles. The average molecular weight is 343 g/mol. The Morgan fingerprint density at radius 1 is 1.17 bits per heavy atom. The fourth-order valence-corrected chi connectivity index (χ4v) is 3.45. The van der Waals surface area contributed by atoms with Gasteiger partial charge in [0.15, 0.2) is 0 Å². The number of nitrogens with zero attached hydrogens (tertiary/aromatic N) is 1. The Labute approximate surface area is 145 Å². The molecule has 1 saturated heterocycles. The van der Waals surface area contributed by atoms with Crippen LogP contribution in [-0.2, 0) is 11.3 Å². The molecule has 0 bridgehead atoms.